The number of benzene rings is 2. The van der Waals surface area contributed by atoms with Crippen LogP contribution in [-0.2, 0) is 16.8 Å². The molecule has 0 heterocycles. The first-order valence-corrected chi connectivity index (χ1v) is 6.89. The summed E-state index contributed by atoms with van der Waals surface area (Å²) in [5.74, 6) is -0.815. The SMILES string of the molecule is CCc1ccc(C(C)(Nc2ccc(F)cc2)C(N)=O)cc1. The van der Waals surface area contributed by atoms with Gasteiger partial charge in [0.15, 0.2) is 0 Å². The third-order valence-electron chi connectivity index (χ3n) is 3.67. The highest BCUT2D eigenvalue weighted by atomic mass is 19.1. The molecule has 0 saturated carbocycles. The van der Waals surface area contributed by atoms with Gasteiger partial charge in [0.2, 0.25) is 5.91 Å². The van der Waals surface area contributed by atoms with Crippen LogP contribution in [0.3, 0.4) is 0 Å². The molecular weight excluding hydrogens is 267 g/mol. The second kappa shape index (κ2) is 5.95. The average Bonchev–Trinajstić information content (AvgIpc) is 2.49. The molecule has 21 heavy (non-hydrogen) atoms. The molecule has 3 nitrogen and oxygen atoms in total. The van der Waals surface area contributed by atoms with E-state index in [9.17, 15) is 9.18 Å². The molecule has 2 aromatic carbocycles. The van der Waals surface area contributed by atoms with Crippen LogP contribution in [-0.4, -0.2) is 5.91 Å². The molecule has 0 radical (unpaired) electrons. The lowest BCUT2D eigenvalue weighted by atomic mass is 9.90. The van der Waals surface area contributed by atoms with Gasteiger partial charge in [0.1, 0.15) is 11.4 Å². The van der Waals surface area contributed by atoms with Crippen LogP contribution >= 0.6 is 0 Å². The quantitative estimate of drug-likeness (QED) is 0.886. The number of hydrogen-bond donors (Lipinski definition) is 2. The van der Waals surface area contributed by atoms with E-state index >= 15 is 0 Å². The molecule has 0 aliphatic heterocycles. The minimum atomic E-state index is -1.05. The number of nitrogens with two attached hydrogens (primary N) is 1. The van der Waals surface area contributed by atoms with Gasteiger partial charge in [-0.1, -0.05) is 31.2 Å². The number of carbonyl (C=O) groups excluding carboxylic acids is 1. The molecule has 110 valence electrons. The molecule has 3 N–H and O–H groups in total. The molecule has 1 atom stereocenters. The largest absolute Gasteiger partial charge is 0.368 e. The van der Waals surface area contributed by atoms with Gasteiger partial charge >= 0.3 is 0 Å². The molecule has 0 aliphatic carbocycles. The lowest BCUT2D eigenvalue weighted by Gasteiger charge is -2.29. The zero-order valence-corrected chi connectivity index (χ0v) is 12.2. The van der Waals surface area contributed by atoms with Gasteiger partial charge in [-0.05, 0) is 48.7 Å². The van der Waals surface area contributed by atoms with Crippen molar-refractivity contribution in [2.45, 2.75) is 25.8 Å². The first kappa shape index (κ1) is 15.0. The van der Waals surface area contributed by atoms with Crippen molar-refractivity contribution in [1.29, 1.82) is 0 Å². The number of rotatable bonds is 5. The first-order chi connectivity index (χ1) is 9.95. The Bertz CT molecular complexity index is 622. The lowest BCUT2D eigenvalue weighted by Crippen LogP contribution is -2.45. The van der Waals surface area contributed by atoms with Gasteiger partial charge < -0.3 is 11.1 Å². The van der Waals surface area contributed by atoms with Gasteiger partial charge in [-0.3, -0.25) is 4.79 Å². The second-order valence-corrected chi connectivity index (χ2v) is 5.17. The van der Waals surface area contributed by atoms with Crippen LogP contribution in [0.2, 0.25) is 0 Å². The van der Waals surface area contributed by atoms with E-state index in [1.807, 2.05) is 24.3 Å². The Balaban J connectivity index is 2.34. The van der Waals surface area contributed by atoms with Gasteiger partial charge in [-0.25, -0.2) is 4.39 Å². The van der Waals surface area contributed by atoms with Crippen LogP contribution in [0, 0.1) is 5.82 Å². The normalized spacial score (nSPS) is 13.5. The van der Waals surface area contributed by atoms with E-state index in [-0.39, 0.29) is 5.82 Å². The summed E-state index contributed by atoms with van der Waals surface area (Å²) < 4.78 is 13.0. The molecular formula is C17H19FN2O. The molecule has 4 heteroatoms. The number of hydrogen-bond acceptors (Lipinski definition) is 2. The summed E-state index contributed by atoms with van der Waals surface area (Å²) in [6, 6.07) is 13.6. The predicted molar refractivity (Wildman–Crippen MR) is 82.4 cm³/mol. The van der Waals surface area contributed by atoms with Gasteiger partial charge in [-0.15, -0.1) is 0 Å². The first-order valence-electron chi connectivity index (χ1n) is 6.89. The van der Waals surface area contributed by atoms with Crippen molar-refractivity contribution in [3.05, 3.63) is 65.5 Å². The zero-order chi connectivity index (χ0) is 15.5. The van der Waals surface area contributed by atoms with Crippen LogP contribution in [0.15, 0.2) is 48.5 Å². The number of nitrogens with one attached hydrogen (secondary N) is 1. The van der Waals surface area contributed by atoms with Gasteiger partial charge in [0.25, 0.3) is 0 Å². The number of amides is 1. The highest BCUT2D eigenvalue weighted by molar-refractivity contribution is 5.89. The molecule has 0 saturated heterocycles. The summed E-state index contributed by atoms with van der Waals surface area (Å²) in [4.78, 5) is 11.9. The Morgan fingerprint density at radius 3 is 2.19 bits per heavy atom. The Labute approximate surface area is 124 Å². The Morgan fingerprint density at radius 1 is 1.14 bits per heavy atom. The highest BCUT2D eigenvalue weighted by Gasteiger charge is 2.33. The smallest absolute Gasteiger partial charge is 0.247 e. The fourth-order valence-corrected chi connectivity index (χ4v) is 2.17. The molecule has 2 aromatic rings. The highest BCUT2D eigenvalue weighted by Crippen LogP contribution is 2.26. The minimum absolute atomic E-state index is 0.325. The van der Waals surface area contributed by atoms with Gasteiger partial charge in [-0.2, -0.15) is 0 Å². The Morgan fingerprint density at radius 2 is 1.71 bits per heavy atom. The molecule has 0 bridgehead atoms. The number of aryl methyl sites for hydroxylation is 1. The summed E-state index contributed by atoms with van der Waals surface area (Å²) in [6.45, 7) is 3.79. The molecule has 1 unspecified atom stereocenters. The Hall–Kier alpha value is -2.36. The predicted octanol–water partition coefficient (Wildman–Crippen LogP) is 3.20. The van der Waals surface area contributed by atoms with Crippen molar-refractivity contribution in [1.82, 2.24) is 0 Å². The van der Waals surface area contributed by atoms with Crippen molar-refractivity contribution in [2.75, 3.05) is 5.32 Å². The fourth-order valence-electron chi connectivity index (χ4n) is 2.17. The van der Waals surface area contributed by atoms with E-state index < -0.39 is 11.4 Å². The zero-order valence-electron chi connectivity index (χ0n) is 12.2. The van der Waals surface area contributed by atoms with E-state index in [2.05, 4.69) is 12.2 Å². The summed E-state index contributed by atoms with van der Waals surface area (Å²) in [6.07, 6.45) is 0.930. The van der Waals surface area contributed by atoms with E-state index in [0.717, 1.165) is 12.0 Å². The number of anilines is 1. The lowest BCUT2D eigenvalue weighted by molar-refractivity contribution is -0.122. The summed E-state index contributed by atoms with van der Waals surface area (Å²) in [7, 11) is 0. The summed E-state index contributed by atoms with van der Waals surface area (Å²) >= 11 is 0. The van der Waals surface area contributed by atoms with Gasteiger partial charge in [0, 0.05) is 5.69 Å². The van der Waals surface area contributed by atoms with Crippen LogP contribution < -0.4 is 11.1 Å². The number of halogens is 1. The summed E-state index contributed by atoms with van der Waals surface area (Å²) in [5.41, 5.74) is 7.12. The van der Waals surface area contributed by atoms with Crippen LogP contribution in [0.4, 0.5) is 10.1 Å². The van der Waals surface area contributed by atoms with Crippen molar-refractivity contribution in [3.8, 4) is 0 Å². The standard InChI is InChI=1S/C17H19FN2O/c1-3-12-4-6-13(7-5-12)17(2,16(19)21)20-15-10-8-14(18)9-11-15/h4-11,20H,3H2,1-2H3,(H2,19,21). The topological polar surface area (TPSA) is 55.1 Å². The van der Waals surface area contributed by atoms with Gasteiger partial charge in [0.05, 0.1) is 0 Å². The number of primary amides is 1. The number of carbonyl (C=O) groups is 1. The van der Waals surface area contributed by atoms with E-state index in [4.69, 9.17) is 5.73 Å². The third kappa shape index (κ3) is 3.21. The molecule has 0 aliphatic rings. The average molecular weight is 286 g/mol. The minimum Gasteiger partial charge on any atom is -0.368 e. The fraction of sp³-hybridized carbons (Fsp3) is 0.235. The molecule has 0 spiro atoms. The van der Waals surface area contributed by atoms with Crippen LogP contribution in [0.1, 0.15) is 25.0 Å². The monoisotopic (exact) mass is 286 g/mol. The maximum Gasteiger partial charge on any atom is 0.247 e. The molecule has 2 rings (SSSR count). The van der Waals surface area contributed by atoms with Crippen LogP contribution in [0.25, 0.3) is 0 Å². The second-order valence-electron chi connectivity index (χ2n) is 5.17. The van der Waals surface area contributed by atoms with E-state index in [0.29, 0.717) is 5.69 Å². The van der Waals surface area contributed by atoms with E-state index in [1.54, 1.807) is 19.1 Å². The molecule has 1 amide bonds. The van der Waals surface area contributed by atoms with Crippen LogP contribution in [0.5, 0.6) is 0 Å². The van der Waals surface area contributed by atoms with E-state index in [1.165, 1.54) is 17.7 Å². The van der Waals surface area contributed by atoms with Crippen molar-refractivity contribution in [3.63, 3.8) is 0 Å². The molecule has 0 aromatic heterocycles. The third-order valence-corrected chi connectivity index (χ3v) is 3.67. The van der Waals surface area contributed by atoms with Crippen molar-refractivity contribution < 1.29 is 9.18 Å². The molecule has 0 fully saturated rings. The van der Waals surface area contributed by atoms with Crippen molar-refractivity contribution in [2.24, 2.45) is 5.73 Å². The Kier molecular flexibility index (Phi) is 4.26. The maximum absolute atomic E-state index is 13.0. The maximum atomic E-state index is 13.0. The van der Waals surface area contributed by atoms with Crippen molar-refractivity contribution >= 4 is 11.6 Å². The summed E-state index contributed by atoms with van der Waals surface area (Å²) in [5, 5.41) is 3.09.